The maximum Gasteiger partial charge on any atom is 0.267 e. The summed E-state index contributed by atoms with van der Waals surface area (Å²) in [7, 11) is 0. The molecule has 0 bridgehead atoms. The number of fused-ring (bicyclic) bond motifs is 1. The molecule has 1 aliphatic carbocycles. The first kappa shape index (κ1) is 16.9. The minimum atomic E-state index is 0.0109. The third-order valence-electron chi connectivity index (χ3n) is 5.21. The van der Waals surface area contributed by atoms with Gasteiger partial charge < -0.3 is 10.1 Å². The van der Waals surface area contributed by atoms with Crippen LogP contribution in [0.15, 0.2) is 22.4 Å². The van der Waals surface area contributed by atoms with Crippen LogP contribution in [0, 0.1) is 0 Å². The number of aromatic nitrogens is 3. The second-order valence-corrected chi connectivity index (χ2v) is 7.89. The van der Waals surface area contributed by atoms with Crippen molar-refractivity contribution in [1.29, 1.82) is 0 Å². The number of hydrogen-bond donors (Lipinski definition) is 1. The minimum absolute atomic E-state index is 0.0109. The summed E-state index contributed by atoms with van der Waals surface area (Å²) >= 11 is 1.69. The van der Waals surface area contributed by atoms with Crippen molar-refractivity contribution in [2.24, 2.45) is 0 Å². The Morgan fingerprint density at radius 3 is 2.96 bits per heavy atom. The van der Waals surface area contributed by atoms with Gasteiger partial charge in [-0.25, -0.2) is 9.67 Å². The summed E-state index contributed by atoms with van der Waals surface area (Å²) in [5.74, 6) is 0. The highest BCUT2D eigenvalue weighted by molar-refractivity contribution is 7.09. The van der Waals surface area contributed by atoms with E-state index in [-0.39, 0.29) is 17.6 Å². The zero-order valence-electron chi connectivity index (χ0n) is 14.5. The first-order valence-electron chi connectivity index (χ1n) is 9.05. The molecule has 1 N–H and O–H groups in total. The number of nitrogens with zero attached hydrogens (tertiary/aromatic N) is 3. The zero-order valence-corrected chi connectivity index (χ0v) is 15.3. The first-order valence-corrected chi connectivity index (χ1v) is 9.93. The molecule has 1 fully saturated rings. The highest BCUT2D eigenvalue weighted by Gasteiger charge is 2.26. The predicted molar refractivity (Wildman–Crippen MR) is 96.8 cm³/mol. The van der Waals surface area contributed by atoms with Gasteiger partial charge in [0.2, 0.25) is 0 Å². The summed E-state index contributed by atoms with van der Waals surface area (Å²) in [5.41, 5.74) is 2.00. The van der Waals surface area contributed by atoms with E-state index in [0.717, 1.165) is 48.4 Å². The van der Waals surface area contributed by atoms with E-state index in [4.69, 9.17) is 4.74 Å². The SMILES string of the molecule is CC(NC1CCC(n2nc3c(cc2=O)COCC3)CC1)c1nccs1. The smallest absolute Gasteiger partial charge is 0.267 e. The van der Waals surface area contributed by atoms with E-state index in [1.807, 2.05) is 11.6 Å². The number of hydrogen-bond acceptors (Lipinski definition) is 6. The van der Waals surface area contributed by atoms with Crippen LogP contribution in [0.2, 0.25) is 0 Å². The van der Waals surface area contributed by atoms with Crippen molar-refractivity contribution >= 4 is 11.3 Å². The maximum absolute atomic E-state index is 12.4. The van der Waals surface area contributed by atoms with E-state index in [9.17, 15) is 4.79 Å². The molecule has 7 heteroatoms. The molecule has 6 nitrogen and oxygen atoms in total. The van der Waals surface area contributed by atoms with Gasteiger partial charge in [-0.2, -0.15) is 5.10 Å². The Bertz CT molecular complexity index is 766. The number of nitrogens with one attached hydrogen (secondary N) is 1. The molecule has 0 spiro atoms. The summed E-state index contributed by atoms with van der Waals surface area (Å²) < 4.78 is 7.14. The molecule has 0 aromatic carbocycles. The van der Waals surface area contributed by atoms with Gasteiger partial charge in [0.25, 0.3) is 5.56 Å². The molecule has 4 rings (SSSR count). The van der Waals surface area contributed by atoms with Crippen molar-refractivity contribution < 1.29 is 4.74 Å². The third-order valence-corrected chi connectivity index (χ3v) is 6.17. The average molecular weight is 360 g/mol. The van der Waals surface area contributed by atoms with Crippen LogP contribution in [-0.2, 0) is 17.8 Å². The largest absolute Gasteiger partial charge is 0.376 e. The third kappa shape index (κ3) is 3.68. The second-order valence-electron chi connectivity index (χ2n) is 6.97. The van der Waals surface area contributed by atoms with Gasteiger partial charge in [0.1, 0.15) is 5.01 Å². The molecule has 2 aromatic heterocycles. The van der Waals surface area contributed by atoms with Crippen LogP contribution in [0.4, 0.5) is 0 Å². The first-order chi connectivity index (χ1) is 12.2. The molecule has 134 valence electrons. The predicted octanol–water partition coefficient (Wildman–Crippen LogP) is 2.61. The number of rotatable bonds is 4. The molecule has 1 atom stereocenters. The van der Waals surface area contributed by atoms with Crippen LogP contribution < -0.4 is 10.9 Å². The van der Waals surface area contributed by atoms with E-state index < -0.39 is 0 Å². The molecule has 1 aliphatic heterocycles. The van der Waals surface area contributed by atoms with Crippen LogP contribution in [0.3, 0.4) is 0 Å². The lowest BCUT2D eigenvalue weighted by Crippen LogP contribution is -2.38. The van der Waals surface area contributed by atoms with Gasteiger partial charge in [-0.3, -0.25) is 4.79 Å². The quantitative estimate of drug-likeness (QED) is 0.908. The molecule has 1 saturated carbocycles. The van der Waals surface area contributed by atoms with Crippen molar-refractivity contribution in [2.75, 3.05) is 6.61 Å². The van der Waals surface area contributed by atoms with Crippen LogP contribution in [0.25, 0.3) is 0 Å². The van der Waals surface area contributed by atoms with Crippen LogP contribution in [0.1, 0.15) is 61.0 Å². The van der Waals surface area contributed by atoms with Crippen molar-refractivity contribution in [3.63, 3.8) is 0 Å². The molecular formula is C18H24N4O2S. The Balaban J connectivity index is 1.39. The summed E-state index contributed by atoms with van der Waals surface area (Å²) in [6, 6.07) is 2.70. The fourth-order valence-electron chi connectivity index (χ4n) is 3.85. The Morgan fingerprint density at radius 1 is 1.36 bits per heavy atom. The van der Waals surface area contributed by atoms with E-state index >= 15 is 0 Å². The van der Waals surface area contributed by atoms with Gasteiger partial charge >= 0.3 is 0 Å². The molecule has 0 radical (unpaired) electrons. The Labute approximate surface area is 151 Å². The van der Waals surface area contributed by atoms with Crippen molar-refractivity contribution in [2.45, 2.75) is 63.8 Å². The van der Waals surface area contributed by atoms with E-state index in [1.165, 1.54) is 0 Å². The van der Waals surface area contributed by atoms with Crippen molar-refractivity contribution in [3.05, 3.63) is 44.3 Å². The van der Waals surface area contributed by atoms with Gasteiger partial charge in [-0.05, 0) is 32.6 Å². The average Bonchev–Trinajstić information content (AvgIpc) is 3.17. The molecule has 2 aromatic rings. The summed E-state index contributed by atoms with van der Waals surface area (Å²) in [4.78, 5) is 16.8. The zero-order chi connectivity index (χ0) is 17.2. The van der Waals surface area contributed by atoms with Gasteiger partial charge in [0.05, 0.1) is 31.0 Å². The highest BCUT2D eigenvalue weighted by atomic mass is 32.1. The topological polar surface area (TPSA) is 69.0 Å². The molecule has 2 aliphatic rings. The Kier molecular flexibility index (Phi) is 4.96. The lowest BCUT2D eigenvalue weighted by Gasteiger charge is -2.31. The fraction of sp³-hybridized carbons (Fsp3) is 0.611. The summed E-state index contributed by atoms with van der Waals surface area (Å²) in [5, 5.41) is 11.5. The van der Waals surface area contributed by atoms with Crippen LogP contribution in [0.5, 0.6) is 0 Å². The van der Waals surface area contributed by atoms with Gasteiger partial charge in [-0.1, -0.05) is 0 Å². The molecule has 1 unspecified atom stereocenters. The minimum Gasteiger partial charge on any atom is -0.376 e. The van der Waals surface area contributed by atoms with Crippen molar-refractivity contribution in [3.8, 4) is 0 Å². The number of ether oxygens (including phenoxy) is 1. The normalized spacial score (nSPS) is 24.7. The summed E-state index contributed by atoms with van der Waals surface area (Å²) in [6.07, 6.45) is 6.77. The standard InChI is InChI=1S/C18H24N4O2S/c1-12(18-19-7-9-25-18)20-14-2-4-15(5-3-14)22-17(23)10-13-11-24-8-6-16(13)21-22/h7,9-10,12,14-15,20H,2-6,8,11H2,1H3. The monoisotopic (exact) mass is 360 g/mol. The summed E-state index contributed by atoms with van der Waals surface area (Å²) in [6.45, 7) is 3.38. The Hall–Kier alpha value is -1.57. The van der Waals surface area contributed by atoms with E-state index in [0.29, 0.717) is 19.3 Å². The number of thiazole rings is 1. The van der Waals surface area contributed by atoms with Crippen LogP contribution >= 0.6 is 11.3 Å². The van der Waals surface area contributed by atoms with Gasteiger partial charge in [0.15, 0.2) is 0 Å². The van der Waals surface area contributed by atoms with Gasteiger partial charge in [-0.15, -0.1) is 11.3 Å². The Morgan fingerprint density at radius 2 is 2.20 bits per heavy atom. The molecular weight excluding hydrogens is 336 g/mol. The van der Waals surface area contributed by atoms with E-state index in [2.05, 4.69) is 22.3 Å². The molecule has 3 heterocycles. The second kappa shape index (κ2) is 7.35. The lowest BCUT2D eigenvalue weighted by molar-refractivity contribution is 0.107. The molecule has 0 amide bonds. The molecule has 0 saturated heterocycles. The highest BCUT2D eigenvalue weighted by Crippen LogP contribution is 2.29. The van der Waals surface area contributed by atoms with Gasteiger partial charge in [0, 0.05) is 35.7 Å². The van der Waals surface area contributed by atoms with E-state index in [1.54, 1.807) is 22.1 Å². The van der Waals surface area contributed by atoms with Crippen molar-refractivity contribution in [1.82, 2.24) is 20.1 Å². The van der Waals surface area contributed by atoms with Crippen LogP contribution in [-0.4, -0.2) is 27.4 Å². The lowest BCUT2D eigenvalue weighted by atomic mass is 9.90. The fourth-order valence-corrected chi connectivity index (χ4v) is 4.51. The molecule has 25 heavy (non-hydrogen) atoms. The maximum atomic E-state index is 12.4.